The molecular formula is C28H22O7Pb-3. The predicted molar refractivity (Wildman–Crippen MR) is 134 cm³/mol. The second-order valence-electron chi connectivity index (χ2n) is 6.35. The van der Waals surface area contributed by atoms with Crippen LogP contribution in [-0.4, -0.2) is 34.4 Å². The number of methoxy groups -OCH3 is 1. The van der Waals surface area contributed by atoms with Gasteiger partial charge in [0.1, 0.15) is 5.75 Å². The molecule has 0 heterocycles. The van der Waals surface area contributed by atoms with E-state index in [1.54, 1.807) is 61.7 Å². The van der Waals surface area contributed by atoms with E-state index in [1.807, 2.05) is 24.3 Å². The molecule has 0 fully saturated rings. The zero-order valence-corrected chi connectivity index (χ0v) is 23.2. The van der Waals surface area contributed by atoms with Gasteiger partial charge in [-0.1, -0.05) is 108 Å². The van der Waals surface area contributed by atoms with Gasteiger partial charge in [0.25, 0.3) is 0 Å². The molecule has 4 aromatic carbocycles. The molecule has 0 amide bonds. The Hall–Kier alpha value is -3.99. The number of hydrogen-bond donors (Lipinski definition) is 0. The number of rotatable bonds is 1. The minimum absolute atomic E-state index is 0. The smallest absolute Gasteiger partial charge is 0.170 e. The molecule has 0 aromatic heterocycles. The minimum atomic E-state index is -0.458. The van der Waals surface area contributed by atoms with E-state index in [0.717, 1.165) is 5.75 Å². The van der Waals surface area contributed by atoms with E-state index in [4.69, 9.17) is 4.74 Å². The molecule has 0 aliphatic carbocycles. The second-order valence-corrected chi connectivity index (χ2v) is 6.35. The first-order valence-electron chi connectivity index (χ1n) is 10.1. The fourth-order valence-electron chi connectivity index (χ4n) is 2.05. The van der Waals surface area contributed by atoms with Crippen molar-refractivity contribution in [2.75, 3.05) is 7.11 Å². The van der Waals surface area contributed by atoms with Crippen LogP contribution >= 0.6 is 0 Å². The quantitative estimate of drug-likeness (QED) is 0.279. The van der Waals surface area contributed by atoms with Gasteiger partial charge in [-0.25, -0.2) is 0 Å². The monoisotopic (exact) mass is 678 g/mol. The molecule has 0 saturated carbocycles. The number of para-hydroxylation sites is 1. The third kappa shape index (κ3) is 14.3. The molecule has 0 atom stereocenters. The third-order valence-corrected chi connectivity index (χ3v) is 3.78. The van der Waals surface area contributed by atoms with Crippen molar-refractivity contribution in [1.82, 2.24) is 0 Å². The molecule has 0 saturated heterocycles. The van der Waals surface area contributed by atoms with Crippen molar-refractivity contribution < 1.29 is 20.1 Å². The summed E-state index contributed by atoms with van der Waals surface area (Å²) in [4.78, 5) is 31.5. The molecule has 0 bridgehead atoms. The van der Waals surface area contributed by atoms with Crippen LogP contribution in [-0.2, 0) is 0 Å². The van der Waals surface area contributed by atoms with Crippen LogP contribution in [0.4, 0.5) is 0 Å². The first-order valence-corrected chi connectivity index (χ1v) is 10.1. The molecule has 4 aromatic rings. The largest absolute Gasteiger partial charge is 0.870 e. The summed E-state index contributed by atoms with van der Waals surface area (Å²) >= 11 is 0. The standard InChI is InChI=1S/3C7H6O2.C7H7O.Pb/c3*8-6-4-2-1-3-5-7(6)9;1-8-7-5-3-2-4-6-7;/h3*1-5H,(H,8,9);2-5H,1H3;/p-3. The topological polar surface area (TPSA) is 130 Å². The first-order chi connectivity index (χ1) is 16.8. The number of hydrogen-bond acceptors (Lipinski definition) is 7. The Bertz CT molecular complexity index is 1200. The zero-order valence-electron chi connectivity index (χ0n) is 19.3. The summed E-state index contributed by atoms with van der Waals surface area (Å²) in [7, 11) is 1.63. The van der Waals surface area contributed by atoms with Crippen LogP contribution in [0, 0.1) is 6.07 Å². The van der Waals surface area contributed by atoms with Crippen molar-refractivity contribution in [1.29, 1.82) is 0 Å². The van der Waals surface area contributed by atoms with Gasteiger partial charge < -0.3 is 20.1 Å². The van der Waals surface area contributed by atoms with Crippen molar-refractivity contribution in [3.05, 3.63) is 152 Å². The van der Waals surface area contributed by atoms with Crippen LogP contribution in [0.3, 0.4) is 0 Å². The predicted octanol–water partition coefficient (Wildman–Crippen LogP) is 1.48. The van der Waals surface area contributed by atoms with Gasteiger partial charge in [0.15, 0.2) is 16.3 Å². The van der Waals surface area contributed by atoms with E-state index in [9.17, 15) is 29.7 Å². The SMILES string of the molecule is COc1[c]cccc1.O=c1cccccc1[O-].O=c1cccccc1[O-].O=c1cccccc1[O-].[Pb]. The third-order valence-electron chi connectivity index (χ3n) is 3.78. The van der Waals surface area contributed by atoms with Crippen molar-refractivity contribution in [3.8, 4) is 23.0 Å². The van der Waals surface area contributed by atoms with Gasteiger partial charge in [-0.2, -0.15) is 0 Å². The first kappa shape index (κ1) is 32.0. The summed E-state index contributed by atoms with van der Waals surface area (Å²) in [5.41, 5.74) is -1.37. The summed E-state index contributed by atoms with van der Waals surface area (Å²) in [6.07, 6.45) is 0. The molecule has 0 aliphatic rings. The summed E-state index contributed by atoms with van der Waals surface area (Å²) in [6, 6.07) is 32.1. The van der Waals surface area contributed by atoms with E-state index in [2.05, 4.69) is 6.07 Å². The molecule has 0 unspecified atom stereocenters. The Morgan fingerprint density at radius 3 is 1.14 bits per heavy atom. The van der Waals surface area contributed by atoms with Gasteiger partial charge in [0.2, 0.25) is 0 Å². The minimum Gasteiger partial charge on any atom is -0.870 e. The summed E-state index contributed by atoms with van der Waals surface area (Å²) in [5.74, 6) is -0.590. The fourth-order valence-corrected chi connectivity index (χ4v) is 2.05. The Morgan fingerprint density at radius 1 is 0.528 bits per heavy atom. The van der Waals surface area contributed by atoms with Crippen molar-refractivity contribution in [2.45, 2.75) is 0 Å². The molecule has 5 radical (unpaired) electrons. The molecule has 8 heteroatoms. The van der Waals surface area contributed by atoms with Crippen molar-refractivity contribution >= 4 is 27.3 Å². The molecule has 0 spiro atoms. The van der Waals surface area contributed by atoms with Gasteiger partial charge in [-0.05, 0) is 24.3 Å². The Morgan fingerprint density at radius 2 is 0.861 bits per heavy atom. The summed E-state index contributed by atoms with van der Waals surface area (Å²) in [6.45, 7) is 0. The molecule has 183 valence electrons. The molecule has 7 nitrogen and oxygen atoms in total. The fraction of sp³-hybridized carbons (Fsp3) is 0.0357. The maximum absolute atomic E-state index is 10.5. The van der Waals surface area contributed by atoms with Crippen molar-refractivity contribution in [2.24, 2.45) is 0 Å². The second kappa shape index (κ2) is 19.3. The van der Waals surface area contributed by atoms with Crippen LogP contribution < -0.4 is 36.3 Å². The van der Waals surface area contributed by atoms with E-state index in [1.165, 1.54) is 36.4 Å². The Kier molecular flexibility index (Phi) is 17.2. The average Bonchev–Trinajstić information content (AvgIpc) is 3.28. The molecular weight excluding hydrogens is 656 g/mol. The Balaban J connectivity index is 0.000000450. The van der Waals surface area contributed by atoms with Crippen LogP contribution in [0.2, 0.25) is 0 Å². The van der Waals surface area contributed by atoms with Gasteiger partial charge in [0, 0.05) is 33.4 Å². The zero-order chi connectivity index (χ0) is 25.9. The van der Waals surface area contributed by atoms with Crippen LogP contribution in [0.1, 0.15) is 0 Å². The molecule has 0 aliphatic heterocycles. The normalized spacial score (nSPS) is 8.58. The van der Waals surface area contributed by atoms with Gasteiger partial charge in [-0.3, -0.25) is 14.4 Å². The Labute approximate surface area is 228 Å². The molecule has 4 rings (SSSR count). The number of benzene rings is 1. The maximum atomic E-state index is 10.5. The van der Waals surface area contributed by atoms with Crippen molar-refractivity contribution in [3.63, 3.8) is 0 Å². The molecule has 0 N–H and O–H groups in total. The van der Waals surface area contributed by atoms with Crippen LogP contribution in [0.25, 0.3) is 0 Å². The van der Waals surface area contributed by atoms with E-state index >= 15 is 0 Å². The average molecular weight is 678 g/mol. The number of ether oxygens (including phenoxy) is 1. The van der Waals surface area contributed by atoms with Crippen LogP contribution in [0.5, 0.6) is 23.0 Å². The van der Waals surface area contributed by atoms with Gasteiger partial charge >= 0.3 is 0 Å². The van der Waals surface area contributed by atoms with E-state index in [-0.39, 0.29) is 27.3 Å². The van der Waals surface area contributed by atoms with Crippen LogP contribution in [0.15, 0.2) is 130 Å². The molecule has 36 heavy (non-hydrogen) atoms. The van der Waals surface area contributed by atoms with E-state index in [0.29, 0.717) is 0 Å². The maximum Gasteiger partial charge on any atom is 0.170 e. The van der Waals surface area contributed by atoms with E-state index < -0.39 is 33.5 Å². The summed E-state index contributed by atoms with van der Waals surface area (Å²) < 4.78 is 4.86. The van der Waals surface area contributed by atoms with Gasteiger partial charge in [0.05, 0.1) is 7.11 Å². The van der Waals surface area contributed by atoms with Gasteiger partial charge in [-0.15, -0.1) is 0 Å². The summed E-state index contributed by atoms with van der Waals surface area (Å²) in [5, 5.41) is 31.5.